The van der Waals surface area contributed by atoms with Gasteiger partial charge in [-0.05, 0) is 35.0 Å². The summed E-state index contributed by atoms with van der Waals surface area (Å²) in [5, 5.41) is 20.7. The number of ether oxygens (including phenoxy) is 1. The van der Waals surface area contributed by atoms with Crippen molar-refractivity contribution in [3.8, 4) is 11.5 Å². The van der Waals surface area contributed by atoms with Gasteiger partial charge in [0.1, 0.15) is 5.75 Å². The summed E-state index contributed by atoms with van der Waals surface area (Å²) in [6.07, 6.45) is -0.729. The summed E-state index contributed by atoms with van der Waals surface area (Å²) in [7, 11) is 0. The standard InChI is InChI=1S/C14H12BrNO4/c1-9(17)10-5-2-3-8-13(10)20-14-11(15)6-4-7-12(14)16(18)19/h2-9,17H,1H3/t9-/m1/s1. The van der Waals surface area contributed by atoms with Gasteiger partial charge in [-0.15, -0.1) is 0 Å². The van der Waals surface area contributed by atoms with Crippen molar-refractivity contribution in [1.29, 1.82) is 0 Å². The lowest BCUT2D eigenvalue weighted by molar-refractivity contribution is -0.385. The molecule has 0 unspecified atom stereocenters. The number of hydrogen-bond acceptors (Lipinski definition) is 4. The van der Waals surface area contributed by atoms with Crippen LogP contribution in [-0.2, 0) is 0 Å². The first-order valence-corrected chi connectivity index (χ1v) is 6.67. The first-order chi connectivity index (χ1) is 9.50. The SMILES string of the molecule is C[C@@H](O)c1ccccc1Oc1c(Br)cccc1[N+](=O)[O-]. The van der Waals surface area contributed by atoms with Crippen molar-refractivity contribution in [2.24, 2.45) is 0 Å². The zero-order chi connectivity index (χ0) is 14.7. The van der Waals surface area contributed by atoms with E-state index in [4.69, 9.17) is 4.74 Å². The summed E-state index contributed by atoms with van der Waals surface area (Å²) < 4.78 is 6.12. The molecule has 1 N–H and O–H groups in total. The van der Waals surface area contributed by atoms with Crippen LogP contribution in [0.2, 0.25) is 0 Å². The molecule has 0 aliphatic carbocycles. The second-order valence-corrected chi connectivity index (χ2v) is 5.02. The predicted molar refractivity (Wildman–Crippen MR) is 77.9 cm³/mol. The second-order valence-electron chi connectivity index (χ2n) is 4.16. The van der Waals surface area contributed by atoms with E-state index in [0.717, 1.165) is 0 Å². The molecule has 0 aromatic heterocycles. The maximum Gasteiger partial charge on any atom is 0.312 e. The Bertz CT molecular complexity index is 643. The van der Waals surface area contributed by atoms with E-state index < -0.39 is 11.0 Å². The molecule has 0 aliphatic heterocycles. The summed E-state index contributed by atoms with van der Waals surface area (Å²) in [5.41, 5.74) is 0.428. The molecule has 0 radical (unpaired) electrons. The topological polar surface area (TPSA) is 72.6 Å². The molecule has 0 fully saturated rings. The Balaban J connectivity index is 2.48. The Hall–Kier alpha value is -1.92. The molecule has 0 aliphatic rings. The number of hydrogen-bond donors (Lipinski definition) is 1. The molecule has 0 amide bonds. The molecule has 0 heterocycles. The zero-order valence-corrected chi connectivity index (χ0v) is 12.2. The second kappa shape index (κ2) is 6.02. The Morgan fingerprint density at radius 2 is 1.95 bits per heavy atom. The number of nitro groups is 1. The van der Waals surface area contributed by atoms with Crippen molar-refractivity contribution in [2.75, 3.05) is 0 Å². The van der Waals surface area contributed by atoms with Crippen LogP contribution >= 0.6 is 15.9 Å². The quantitative estimate of drug-likeness (QED) is 0.670. The van der Waals surface area contributed by atoms with Crippen LogP contribution in [-0.4, -0.2) is 10.0 Å². The number of aliphatic hydroxyl groups excluding tert-OH is 1. The Kier molecular flexibility index (Phi) is 4.36. The van der Waals surface area contributed by atoms with Gasteiger partial charge in [0, 0.05) is 11.6 Å². The minimum atomic E-state index is -0.729. The number of halogens is 1. The first-order valence-electron chi connectivity index (χ1n) is 5.88. The summed E-state index contributed by atoms with van der Waals surface area (Å²) in [4.78, 5) is 10.5. The highest BCUT2D eigenvalue weighted by Gasteiger charge is 2.20. The van der Waals surface area contributed by atoms with Gasteiger partial charge in [0.05, 0.1) is 15.5 Å². The Morgan fingerprint density at radius 1 is 1.25 bits per heavy atom. The molecule has 2 aromatic rings. The lowest BCUT2D eigenvalue weighted by atomic mass is 10.1. The van der Waals surface area contributed by atoms with Crippen LogP contribution in [0.5, 0.6) is 11.5 Å². The molecule has 2 aromatic carbocycles. The number of rotatable bonds is 4. The van der Waals surface area contributed by atoms with Crippen LogP contribution in [0.15, 0.2) is 46.9 Å². The number of nitrogens with zero attached hydrogens (tertiary/aromatic N) is 1. The molecule has 0 spiro atoms. The molecule has 104 valence electrons. The van der Waals surface area contributed by atoms with Crippen LogP contribution in [0.4, 0.5) is 5.69 Å². The molecule has 20 heavy (non-hydrogen) atoms. The smallest absolute Gasteiger partial charge is 0.312 e. The van der Waals surface area contributed by atoms with E-state index in [9.17, 15) is 15.2 Å². The molecule has 1 atom stereocenters. The molecular formula is C14H12BrNO4. The third kappa shape index (κ3) is 2.97. The van der Waals surface area contributed by atoms with Gasteiger partial charge < -0.3 is 9.84 Å². The molecule has 5 nitrogen and oxygen atoms in total. The monoisotopic (exact) mass is 337 g/mol. The third-order valence-corrected chi connectivity index (χ3v) is 3.35. The molecule has 0 saturated carbocycles. The van der Waals surface area contributed by atoms with Gasteiger partial charge in [-0.25, -0.2) is 0 Å². The van der Waals surface area contributed by atoms with Gasteiger partial charge in [-0.2, -0.15) is 0 Å². The van der Waals surface area contributed by atoms with Gasteiger partial charge in [-0.3, -0.25) is 10.1 Å². The van der Waals surface area contributed by atoms with E-state index in [1.807, 2.05) is 0 Å². The van der Waals surface area contributed by atoms with E-state index in [2.05, 4.69) is 15.9 Å². The lowest BCUT2D eigenvalue weighted by Gasteiger charge is -2.13. The summed E-state index contributed by atoms with van der Waals surface area (Å²) >= 11 is 3.24. The fourth-order valence-electron chi connectivity index (χ4n) is 1.77. The first kappa shape index (κ1) is 14.5. The van der Waals surface area contributed by atoms with E-state index in [-0.39, 0.29) is 11.4 Å². The van der Waals surface area contributed by atoms with Crippen molar-refractivity contribution in [2.45, 2.75) is 13.0 Å². The van der Waals surface area contributed by atoms with Crippen LogP contribution in [0.25, 0.3) is 0 Å². The minimum absolute atomic E-state index is 0.116. The van der Waals surface area contributed by atoms with Gasteiger partial charge in [-0.1, -0.05) is 24.3 Å². The van der Waals surface area contributed by atoms with Crippen molar-refractivity contribution in [3.63, 3.8) is 0 Å². The van der Waals surface area contributed by atoms with Gasteiger partial charge in [0.2, 0.25) is 5.75 Å². The van der Waals surface area contributed by atoms with E-state index in [1.54, 1.807) is 43.3 Å². The number of para-hydroxylation sites is 2. The van der Waals surface area contributed by atoms with Gasteiger partial charge in [0.15, 0.2) is 0 Å². The Morgan fingerprint density at radius 3 is 2.60 bits per heavy atom. The van der Waals surface area contributed by atoms with Crippen molar-refractivity contribution < 1.29 is 14.8 Å². The van der Waals surface area contributed by atoms with E-state index in [0.29, 0.717) is 15.8 Å². The van der Waals surface area contributed by atoms with E-state index >= 15 is 0 Å². The van der Waals surface area contributed by atoms with E-state index in [1.165, 1.54) is 6.07 Å². The fraction of sp³-hybridized carbons (Fsp3) is 0.143. The van der Waals surface area contributed by atoms with Gasteiger partial charge >= 0.3 is 5.69 Å². The highest BCUT2D eigenvalue weighted by Crippen LogP contribution is 2.39. The predicted octanol–water partition coefficient (Wildman–Crippen LogP) is 4.20. The molecule has 0 bridgehead atoms. The minimum Gasteiger partial charge on any atom is -0.449 e. The summed E-state index contributed by atoms with van der Waals surface area (Å²) in [5.74, 6) is 0.503. The highest BCUT2D eigenvalue weighted by molar-refractivity contribution is 9.10. The molecule has 0 saturated heterocycles. The lowest BCUT2D eigenvalue weighted by Crippen LogP contribution is -1.98. The highest BCUT2D eigenvalue weighted by atomic mass is 79.9. The largest absolute Gasteiger partial charge is 0.449 e. The molecule has 2 rings (SSSR count). The summed E-state index contributed by atoms with van der Waals surface area (Å²) in [6, 6.07) is 11.5. The maximum atomic E-state index is 11.0. The third-order valence-electron chi connectivity index (χ3n) is 2.72. The number of aliphatic hydroxyl groups is 1. The average Bonchev–Trinajstić information content (AvgIpc) is 2.41. The van der Waals surface area contributed by atoms with Crippen molar-refractivity contribution in [3.05, 3.63) is 62.6 Å². The van der Waals surface area contributed by atoms with Gasteiger partial charge in [0.25, 0.3) is 0 Å². The summed E-state index contributed by atoms with van der Waals surface area (Å²) in [6.45, 7) is 1.61. The van der Waals surface area contributed by atoms with Crippen molar-refractivity contribution >= 4 is 21.6 Å². The Labute approximate surface area is 124 Å². The molecule has 6 heteroatoms. The number of benzene rings is 2. The normalized spacial score (nSPS) is 11.9. The van der Waals surface area contributed by atoms with Crippen LogP contribution in [0.3, 0.4) is 0 Å². The molecular weight excluding hydrogens is 326 g/mol. The van der Waals surface area contributed by atoms with Crippen LogP contribution in [0.1, 0.15) is 18.6 Å². The zero-order valence-electron chi connectivity index (χ0n) is 10.6. The van der Waals surface area contributed by atoms with Crippen LogP contribution < -0.4 is 4.74 Å². The fourth-order valence-corrected chi connectivity index (χ4v) is 2.21. The van der Waals surface area contributed by atoms with Crippen LogP contribution in [0, 0.1) is 10.1 Å². The average molecular weight is 338 g/mol. The number of nitro benzene ring substituents is 1. The van der Waals surface area contributed by atoms with Crippen molar-refractivity contribution in [1.82, 2.24) is 0 Å². The maximum absolute atomic E-state index is 11.0.